The van der Waals surface area contributed by atoms with Gasteiger partial charge >= 0.3 is 0 Å². The summed E-state index contributed by atoms with van der Waals surface area (Å²) >= 11 is 0. The molecule has 0 atom stereocenters. The van der Waals surface area contributed by atoms with E-state index in [1.54, 1.807) is 32.6 Å². The van der Waals surface area contributed by atoms with Crippen LogP contribution >= 0.6 is 0 Å². The number of nitrogens with zero attached hydrogens (tertiary/aromatic N) is 1. The van der Waals surface area contributed by atoms with Crippen molar-refractivity contribution in [1.29, 1.82) is 0 Å². The number of hydrogen-bond donors (Lipinski definition) is 1. The van der Waals surface area contributed by atoms with Gasteiger partial charge in [0.05, 0.1) is 26.5 Å². The Morgan fingerprint density at radius 3 is 2.70 bits per heavy atom. The Hall–Kier alpha value is -2.82. The van der Waals surface area contributed by atoms with E-state index in [9.17, 15) is 4.79 Å². The third-order valence-corrected chi connectivity index (χ3v) is 3.38. The summed E-state index contributed by atoms with van der Waals surface area (Å²) in [6, 6.07) is 9.30. The van der Waals surface area contributed by atoms with Crippen molar-refractivity contribution in [3.63, 3.8) is 0 Å². The molecule has 5 heteroatoms. The van der Waals surface area contributed by atoms with Crippen molar-refractivity contribution in [2.75, 3.05) is 14.2 Å². The predicted molar refractivity (Wildman–Crippen MR) is 89.4 cm³/mol. The maximum atomic E-state index is 11.9. The van der Waals surface area contributed by atoms with Crippen LogP contribution < -0.4 is 14.8 Å². The first kappa shape index (κ1) is 16.5. The molecule has 5 nitrogen and oxygen atoms in total. The van der Waals surface area contributed by atoms with E-state index in [0.717, 1.165) is 16.8 Å². The van der Waals surface area contributed by atoms with Crippen molar-refractivity contribution < 1.29 is 14.3 Å². The molecule has 0 radical (unpaired) electrons. The van der Waals surface area contributed by atoms with Crippen LogP contribution in [0.3, 0.4) is 0 Å². The number of amides is 1. The van der Waals surface area contributed by atoms with Crippen molar-refractivity contribution in [3.8, 4) is 11.5 Å². The summed E-state index contributed by atoms with van der Waals surface area (Å²) in [4.78, 5) is 16.1. The van der Waals surface area contributed by atoms with Gasteiger partial charge in [-0.15, -0.1) is 0 Å². The Kier molecular flexibility index (Phi) is 5.74. The highest BCUT2D eigenvalue weighted by atomic mass is 16.5. The topological polar surface area (TPSA) is 60.5 Å². The second-order valence-corrected chi connectivity index (χ2v) is 4.93. The minimum Gasteiger partial charge on any atom is -0.493 e. The second-order valence-electron chi connectivity index (χ2n) is 4.93. The zero-order chi connectivity index (χ0) is 16.7. The number of hydrogen-bond acceptors (Lipinski definition) is 4. The maximum absolute atomic E-state index is 11.9. The fourth-order valence-corrected chi connectivity index (χ4v) is 2.06. The van der Waals surface area contributed by atoms with E-state index in [4.69, 9.17) is 9.47 Å². The molecular formula is C18H20N2O3. The Morgan fingerprint density at radius 2 is 2.00 bits per heavy atom. The Bertz CT molecular complexity index is 711. The van der Waals surface area contributed by atoms with Crippen LogP contribution in [-0.2, 0) is 11.3 Å². The average molecular weight is 312 g/mol. The van der Waals surface area contributed by atoms with Gasteiger partial charge in [0, 0.05) is 12.3 Å². The van der Waals surface area contributed by atoms with Crippen LogP contribution in [-0.4, -0.2) is 25.1 Å². The quantitative estimate of drug-likeness (QED) is 0.833. The number of rotatable bonds is 6. The molecule has 2 aromatic rings. The highest BCUT2D eigenvalue weighted by molar-refractivity contribution is 5.91. The lowest BCUT2D eigenvalue weighted by Gasteiger charge is -2.07. The summed E-state index contributed by atoms with van der Waals surface area (Å²) in [5.74, 6) is 1.10. The molecule has 1 heterocycles. The Labute approximate surface area is 136 Å². The smallest absolute Gasteiger partial charge is 0.244 e. The average Bonchev–Trinajstić information content (AvgIpc) is 2.58. The molecule has 0 spiro atoms. The number of benzene rings is 1. The van der Waals surface area contributed by atoms with E-state index < -0.39 is 0 Å². The molecule has 23 heavy (non-hydrogen) atoms. The molecule has 0 unspecified atom stereocenters. The summed E-state index contributed by atoms with van der Waals surface area (Å²) in [7, 11) is 3.16. The molecule has 0 aliphatic carbocycles. The lowest BCUT2D eigenvalue weighted by atomic mass is 10.2. The van der Waals surface area contributed by atoms with Crippen LogP contribution in [0, 0.1) is 6.92 Å². The van der Waals surface area contributed by atoms with Gasteiger partial charge in [-0.1, -0.05) is 12.1 Å². The Morgan fingerprint density at radius 1 is 1.22 bits per heavy atom. The van der Waals surface area contributed by atoms with Gasteiger partial charge in [0.1, 0.15) is 0 Å². The molecule has 0 saturated carbocycles. The number of pyridine rings is 1. The van der Waals surface area contributed by atoms with E-state index in [1.807, 2.05) is 31.2 Å². The first-order valence-electron chi connectivity index (χ1n) is 7.22. The molecule has 0 fully saturated rings. The van der Waals surface area contributed by atoms with Crippen molar-refractivity contribution in [1.82, 2.24) is 10.3 Å². The number of aryl methyl sites for hydroxylation is 1. The van der Waals surface area contributed by atoms with E-state index in [2.05, 4.69) is 10.3 Å². The first-order chi connectivity index (χ1) is 11.1. The third kappa shape index (κ3) is 4.57. The zero-order valence-corrected chi connectivity index (χ0v) is 13.5. The molecule has 1 aromatic heterocycles. The van der Waals surface area contributed by atoms with Gasteiger partial charge in [-0.2, -0.15) is 0 Å². The SMILES string of the molecule is COc1ccc(/C=C/C(=O)NCc2ncccc2C)cc1OC. The number of nitrogens with one attached hydrogen (secondary N) is 1. The molecule has 0 saturated heterocycles. The molecule has 120 valence electrons. The fourth-order valence-electron chi connectivity index (χ4n) is 2.06. The molecule has 0 aliphatic rings. The van der Waals surface area contributed by atoms with Crippen molar-refractivity contribution >= 4 is 12.0 Å². The van der Waals surface area contributed by atoms with Crippen LogP contribution in [0.4, 0.5) is 0 Å². The van der Waals surface area contributed by atoms with E-state index in [-0.39, 0.29) is 5.91 Å². The monoisotopic (exact) mass is 312 g/mol. The van der Waals surface area contributed by atoms with Gasteiger partial charge in [-0.25, -0.2) is 0 Å². The lowest BCUT2D eigenvalue weighted by Crippen LogP contribution is -2.21. The van der Waals surface area contributed by atoms with E-state index in [1.165, 1.54) is 6.08 Å². The van der Waals surface area contributed by atoms with E-state index in [0.29, 0.717) is 18.0 Å². The van der Waals surface area contributed by atoms with Crippen LogP contribution in [0.15, 0.2) is 42.6 Å². The number of methoxy groups -OCH3 is 2. The van der Waals surface area contributed by atoms with Crippen molar-refractivity contribution in [2.24, 2.45) is 0 Å². The normalized spacial score (nSPS) is 10.6. The number of carbonyl (C=O) groups is 1. The van der Waals surface area contributed by atoms with Crippen LogP contribution in [0.5, 0.6) is 11.5 Å². The van der Waals surface area contributed by atoms with Gasteiger partial charge in [0.25, 0.3) is 0 Å². The summed E-state index contributed by atoms with van der Waals surface area (Å²) < 4.78 is 10.4. The highest BCUT2D eigenvalue weighted by Gasteiger charge is 2.04. The lowest BCUT2D eigenvalue weighted by molar-refractivity contribution is -0.116. The van der Waals surface area contributed by atoms with Crippen LogP contribution in [0.25, 0.3) is 6.08 Å². The third-order valence-electron chi connectivity index (χ3n) is 3.38. The highest BCUT2D eigenvalue weighted by Crippen LogP contribution is 2.27. The summed E-state index contributed by atoms with van der Waals surface area (Å²) in [6.07, 6.45) is 4.93. The predicted octanol–water partition coefficient (Wildman–Crippen LogP) is 2.74. The van der Waals surface area contributed by atoms with Crippen molar-refractivity contribution in [2.45, 2.75) is 13.5 Å². The molecule has 0 bridgehead atoms. The standard InChI is InChI=1S/C18H20N2O3/c1-13-5-4-10-19-15(13)12-20-18(21)9-7-14-6-8-16(22-2)17(11-14)23-3/h4-11H,12H2,1-3H3,(H,20,21)/b9-7+. The molecule has 2 rings (SSSR count). The summed E-state index contributed by atoms with van der Waals surface area (Å²) in [6.45, 7) is 2.37. The van der Waals surface area contributed by atoms with Crippen LogP contribution in [0.2, 0.25) is 0 Å². The fraction of sp³-hybridized carbons (Fsp3) is 0.222. The number of aromatic nitrogens is 1. The summed E-state index contributed by atoms with van der Waals surface area (Å²) in [5, 5.41) is 2.82. The second kappa shape index (κ2) is 7.98. The largest absolute Gasteiger partial charge is 0.493 e. The van der Waals surface area contributed by atoms with Gasteiger partial charge in [0.2, 0.25) is 5.91 Å². The maximum Gasteiger partial charge on any atom is 0.244 e. The minimum absolute atomic E-state index is 0.176. The number of ether oxygens (including phenoxy) is 2. The first-order valence-corrected chi connectivity index (χ1v) is 7.22. The summed E-state index contributed by atoms with van der Waals surface area (Å²) in [5.41, 5.74) is 2.77. The zero-order valence-electron chi connectivity index (χ0n) is 13.5. The van der Waals surface area contributed by atoms with Gasteiger partial charge < -0.3 is 14.8 Å². The minimum atomic E-state index is -0.176. The van der Waals surface area contributed by atoms with Crippen LogP contribution in [0.1, 0.15) is 16.8 Å². The van der Waals surface area contributed by atoms with Gasteiger partial charge in [-0.05, 0) is 42.3 Å². The molecule has 0 aliphatic heterocycles. The van der Waals surface area contributed by atoms with Gasteiger partial charge in [-0.3, -0.25) is 9.78 Å². The molecular weight excluding hydrogens is 292 g/mol. The van der Waals surface area contributed by atoms with E-state index >= 15 is 0 Å². The molecule has 1 amide bonds. The Balaban J connectivity index is 1.97. The molecule has 1 aromatic carbocycles. The molecule has 1 N–H and O–H groups in total. The van der Waals surface area contributed by atoms with Crippen molar-refractivity contribution in [3.05, 3.63) is 59.4 Å². The number of carbonyl (C=O) groups excluding carboxylic acids is 1. The van der Waals surface area contributed by atoms with Gasteiger partial charge in [0.15, 0.2) is 11.5 Å².